The van der Waals surface area contributed by atoms with Crippen molar-refractivity contribution >= 4 is 5.71 Å². The van der Waals surface area contributed by atoms with E-state index < -0.39 is 0 Å². The van der Waals surface area contributed by atoms with Gasteiger partial charge in [-0.1, -0.05) is 25.9 Å². The maximum absolute atomic E-state index is 10.5. The number of nitrogens with zero attached hydrogens (tertiary/aromatic N) is 2. The Labute approximate surface area is 105 Å². The molecule has 0 aromatic heterocycles. The third-order valence-corrected chi connectivity index (χ3v) is 4.68. The molecule has 0 aromatic carbocycles. The second kappa shape index (κ2) is 4.94. The van der Waals surface area contributed by atoms with Crippen LogP contribution in [0.1, 0.15) is 53.9 Å². The molecule has 100 valence electrons. The molecule has 1 saturated heterocycles. The first-order chi connectivity index (χ1) is 7.85. The van der Waals surface area contributed by atoms with Gasteiger partial charge in [-0.15, -0.1) is 0 Å². The number of rotatable bonds is 3. The molecule has 1 N–H and O–H groups in total. The van der Waals surface area contributed by atoms with Crippen molar-refractivity contribution in [2.75, 3.05) is 7.11 Å². The van der Waals surface area contributed by atoms with Gasteiger partial charge in [-0.3, -0.25) is 0 Å². The van der Waals surface area contributed by atoms with Gasteiger partial charge in [0.25, 0.3) is 0 Å². The smallest absolute Gasteiger partial charge is 0.106 e. The van der Waals surface area contributed by atoms with Gasteiger partial charge in [0.2, 0.25) is 0 Å². The third kappa shape index (κ3) is 2.20. The molecule has 0 aromatic rings. The minimum absolute atomic E-state index is 0.192. The van der Waals surface area contributed by atoms with Crippen molar-refractivity contribution < 1.29 is 10.0 Å². The fourth-order valence-corrected chi connectivity index (χ4v) is 2.74. The van der Waals surface area contributed by atoms with Crippen LogP contribution in [0, 0.1) is 5.92 Å². The van der Waals surface area contributed by atoms with Crippen LogP contribution in [-0.4, -0.2) is 34.2 Å². The van der Waals surface area contributed by atoms with Gasteiger partial charge in [0.05, 0.1) is 11.3 Å². The molecule has 0 aliphatic carbocycles. The predicted molar refractivity (Wildman–Crippen MR) is 69.2 cm³/mol. The zero-order chi connectivity index (χ0) is 13.3. The Morgan fingerprint density at radius 3 is 2.41 bits per heavy atom. The van der Waals surface area contributed by atoms with Crippen LogP contribution in [-0.2, 0) is 4.84 Å². The molecule has 0 bridgehead atoms. The molecule has 4 nitrogen and oxygen atoms in total. The van der Waals surface area contributed by atoms with Crippen molar-refractivity contribution in [3.8, 4) is 0 Å². The Morgan fingerprint density at radius 2 is 2.00 bits per heavy atom. The van der Waals surface area contributed by atoms with Gasteiger partial charge in [0.15, 0.2) is 0 Å². The van der Waals surface area contributed by atoms with Crippen LogP contribution in [0.5, 0.6) is 0 Å². The van der Waals surface area contributed by atoms with E-state index in [1.54, 1.807) is 12.2 Å². The number of hydroxylamine groups is 2. The van der Waals surface area contributed by atoms with E-state index in [4.69, 9.17) is 4.84 Å². The summed E-state index contributed by atoms with van der Waals surface area (Å²) in [6, 6.07) is 0. The summed E-state index contributed by atoms with van der Waals surface area (Å²) >= 11 is 0. The number of piperidine rings is 1. The second-order valence-electron chi connectivity index (χ2n) is 5.54. The molecule has 1 heterocycles. The van der Waals surface area contributed by atoms with Crippen LogP contribution in [0.4, 0.5) is 0 Å². The standard InChI is InChI=1S/C13H26N2O2/c1-7-12(4)9-11(14-17-6)10(3)13(5,8-2)15(12)16/h10,16H,7-9H2,1-6H3/b14-11-. The maximum Gasteiger partial charge on any atom is 0.106 e. The summed E-state index contributed by atoms with van der Waals surface area (Å²) in [6.07, 6.45) is 2.52. The summed E-state index contributed by atoms with van der Waals surface area (Å²) in [6.45, 7) is 10.5. The van der Waals surface area contributed by atoms with Crippen LogP contribution < -0.4 is 0 Å². The molecule has 1 rings (SSSR count). The monoisotopic (exact) mass is 242 g/mol. The summed E-state index contributed by atoms with van der Waals surface area (Å²) in [7, 11) is 1.58. The molecule has 0 saturated carbocycles. The molecule has 1 aliphatic rings. The van der Waals surface area contributed by atoms with Crippen LogP contribution in [0.3, 0.4) is 0 Å². The molecule has 3 unspecified atom stereocenters. The lowest BCUT2D eigenvalue weighted by atomic mass is 9.70. The first-order valence-electron chi connectivity index (χ1n) is 6.44. The average molecular weight is 242 g/mol. The molecule has 3 atom stereocenters. The van der Waals surface area contributed by atoms with Gasteiger partial charge in [-0.05, 0) is 26.7 Å². The van der Waals surface area contributed by atoms with Crippen molar-refractivity contribution in [2.24, 2.45) is 11.1 Å². The fourth-order valence-electron chi connectivity index (χ4n) is 2.74. The maximum atomic E-state index is 10.5. The van der Waals surface area contributed by atoms with Crippen molar-refractivity contribution in [3.05, 3.63) is 0 Å². The second-order valence-corrected chi connectivity index (χ2v) is 5.54. The van der Waals surface area contributed by atoms with E-state index in [-0.39, 0.29) is 17.0 Å². The van der Waals surface area contributed by atoms with Crippen molar-refractivity contribution in [3.63, 3.8) is 0 Å². The quantitative estimate of drug-likeness (QED) is 0.774. The average Bonchev–Trinajstić information content (AvgIpc) is 2.33. The van der Waals surface area contributed by atoms with Gasteiger partial charge in [0.1, 0.15) is 7.11 Å². The number of oxime groups is 1. The van der Waals surface area contributed by atoms with Gasteiger partial charge >= 0.3 is 0 Å². The topological polar surface area (TPSA) is 45.1 Å². The molecule has 1 aliphatic heterocycles. The Bertz CT molecular complexity index is 306. The van der Waals surface area contributed by atoms with Gasteiger partial charge < -0.3 is 10.0 Å². The molecule has 0 amide bonds. The van der Waals surface area contributed by atoms with Gasteiger partial charge in [0, 0.05) is 17.9 Å². The van der Waals surface area contributed by atoms with Crippen LogP contribution in [0.25, 0.3) is 0 Å². The zero-order valence-electron chi connectivity index (χ0n) is 11.9. The van der Waals surface area contributed by atoms with Gasteiger partial charge in [-0.25, -0.2) is 0 Å². The Kier molecular flexibility index (Phi) is 4.20. The summed E-state index contributed by atoms with van der Waals surface area (Å²) in [5.74, 6) is 0.192. The predicted octanol–water partition coefficient (Wildman–Crippen LogP) is 3.06. The van der Waals surface area contributed by atoms with E-state index in [0.29, 0.717) is 0 Å². The third-order valence-electron chi connectivity index (χ3n) is 4.68. The first-order valence-corrected chi connectivity index (χ1v) is 6.44. The van der Waals surface area contributed by atoms with E-state index in [2.05, 4.69) is 39.8 Å². The number of hydrogen-bond donors (Lipinski definition) is 1. The Balaban J connectivity index is 3.18. The minimum atomic E-state index is -0.277. The largest absolute Gasteiger partial charge is 0.399 e. The Hall–Kier alpha value is -0.610. The molecular weight excluding hydrogens is 216 g/mol. The minimum Gasteiger partial charge on any atom is -0.399 e. The van der Waals surface area contributed by atoms with Gasteiger partial charge in [-0.2, -0.15) is 5.06 Å². The van der Waals surface area contributed by atoms with E-state index in [1.165, 1.54) is 0 Å². The highest BCUT2D eigenvalue weighted by Gasteiger charge is 2.51. The Morgan fingerprint density at radius 1 is 1.41 bits per heavy atom. The lowest BCUT2D eigenvalue weighted by Gasteiger charge is -2.54. The van der Waals surface area contributed by atoms with E-state index in [9.17, 15) is 5.21 Å². The zero-order valence-corrected chi connectivity index (χ0v) is 11.9. The van der Waals surface area contributed by atoms with E-state index in [1.807, 2.05) is 0 Å². The normalized spacial score (nSPS) is 41.8. The lowest BCUT2D eigenvalue weighted by Crippen LogP contribution is -2.65. The summed E-state index contributed by atoms with van der Waals surface area (Å²) in [4.78, 5) is 4.95. The van der Waals surface area contributed by atoms with Crippen molar-refractivity contribution in [1.82, 2.24) is 5.06 Å². The molecule has 0 radical (unpaired) electrons. The fraction of sp³-hybridized carbons (Fsp3) is 0.923. The lowest BCUT2D eigenvalue weighted by molar-refractivity contribution is -0.249. The van der Waals surface area contributed by atoms with Crippen molar-refractivity contribution in [1.29, 1.82) is 0 Å². The summed E-state index contributed by atoms with van der Waals surface area (Å²) < 4.78 is 0. The molecule has 0 spiro atoms. The molecule has 4 heteroatoms. The summed E-state index contributed by atoms with van der Waals surface area (Å²) in [5, 5.41) is 16.3. The van der Waals surface area contributed by atoms with Crippen LogP contribution >= 0.6 is 0 Å². The highest BCUT2D eigenvalue weighted by molar-refractivity contribution is 5.89. The van der Waals surface area contributed by atoms with Crippen molar-refractivity contribution in [2.45, 2.75) is 65.0 Å². The van der Waals surface area contributed by atoms with Crippen LogP contribution in [0.15, 0.2) is 5.16 Å². The van der Waals surface area contributed by atoms with Crippen LogP contribution in [0.2, 0.25) is 0 Å². The first kappa shape index (κ1) is 14.5. The highest BCUT2D eigenvalue weighted by Crippen LogP contribution is 2.42. The molecular formula is C13H26N2O2. The van der Waals surface area contributed by atoms with E-state index in [0.717, 1.165) is 25.0 Å². The van der Waals surface area contributed by atoms with E-state index >= 15 is 0 Å². The molecule has 17 heavy (non-hydrogen) atoms. The number of hydrogen-bond acceptors (Lipinski definition) is 4. The summed E-state index contributed by atoms with van der Waals surface area (Å²) in [5.41, 5.74) is 0.515. The highest BCUT2D eigenvalue weighted by atomic mass is 16.6. The SMILES string of the molecule is CCC1(C)C/C(=N/OC)C(C)C(C)(CC)N1O. The molecule has 1 fully saturated rings.